The zero-order valence-corrected chi connectivity index (χ0v) is 9.51. The molecule has 0 aliphatic carbocycles. The van der Waals surface area contributed by atoms with Crippen LogP contribution < -0.4 is 5.32 Å². The fourth-order valence-corrected chi connectivity index (χ4v) is 1.21. The molecule has 0 saturated carbocycles. The normalized spacial score (nSPS) is 9.94. The zero-order chi connectivity index (χ0) is 12.7. The van der Waals surface area contributed by atoms with Gasteiger partial charge in [0, 0.05) is 19.2 Å². The summed E-state index contributed by atoms with van der Waals surface area (Å²) in [6, 6.07) is 6.27. The molecular formula is C11H14N2O4. The Labute approximate surface area is 98.7 Å². The van der Waals surface area contributed by atoms with Crippen molar-refractivity contribution in [3.05, 3.63) is 39.9 Å². The lowest BCUT2D eigenvalue weighted by molar-refractivity contribution is -0.384. The lowest BCUT2D eigenvalue weighted by Gasteiger charge is -2.03. The van der Waals surface area contributed by atoms with Crippen LogP contribution in [0.4, 0.5) is 5.69 Å². The summed E-state index contributed by atoms with van der Waals surface area (Å²) in [6.07, 6.45) is 0.620. The van der Waals surface area contributed by atoms with E-state index < -0.39 is 4.92 Å². The molecule has 1 amide bonds. The Bertz CT molecular complexity index is 389. The van der Waals surface area contributed by atoms with Crippen LogP contribution in [0.1, 0.15) is 5.56 Å². The van der Waals surface area contributed by atoms with E-state index in [4.69, 9.17) is 4.74 Å². The molecule has 0 heterocycles. The van der Waals surface area contributed by atoms with E-state index in [-0.39, 0.29) is 18.2 Å². The maximum Gasteiger partial charge on any atom is 0.269 e. The Hall–Kier alpha value is -1.95. The maximum atomic E-state index is 10.8. The highest BCUT2D eigenvalue weighted by atomic mass is 16.6. The molecule has 0 spiro atoms. The van der Waals surface area contributed by atoms with Crippen molar-refractivity contribution in [2.75, 3.05) is 20.3 Å². The second-order valence-corrected chi connectivity index (χ2v) is 3.40. The highest BCUT2D eigenvalue weighted by Crippen LogP contribution is 2.12. The molecule has 0 unspecified atom stereocenters. The molecule has 0 saturated heterocycles. The van der Waals surface area contributed by atoms with E-state index in [1.165, 1.54) is 12.1 Å². The summed E-state index contributed by atoms with van der Waals surface area (Å²) in [5.41, 5.74) is 1.01. The molecule has 6 heteroatoms. The van der Waals surface area contributed by atoms with Gasteiger partial charge in [-0.1, -0.05) is 12.1 Å². The van der Waals surface area contributed by atoms with Gasteiger partial charge in [-0.05, 0) is 12.0 Å². The van der Waals surface area contributed by atoms with Gasteiger partial charge in [-0.2, -0.15) is 0 Å². The topological polar surface area (TPSA) is 81.5 Å². The number of carbonyl (C=O) groups is 1. The van der Waals surface area contributed by atoms with Crippen molar-refractivity contribution in [3.8, 4) is 0 Å². The molecular weight excluding hydrogens is 224 g/mol. The van der Waals surface area contributed by atoms with E-state index >= 15 is 0 Å². The first-order chi connectivity index (χ1) is 8.13. The van der Waals surface area contributed by atoms with Crippen molar-refractivity contribution in [1.29, 1.82) is 0 Å². The smallest absolute Gasteiger partial charge is 0.269 e. The number of carbonyl (C=O) groups excluding carboxylic acids is 1. The fourth-order valence-electron chi connectivity index (χ4n) is 1.21. The SMILES string of the molecule is CNC(=O)COCCc1ccc([N+](=O)[O-])cc1. The first-order valence-electron chi connectivity index (χ1n) is 5.15. The van der Waals surface area contributed by atoms with E-state index in [2.05, 4.69) is 5.32 Å². The third-order valence-electron chi connectivity index (χ3n) is 2.19. The van der Waals surface area contributed by atoms with Crippen LogP contribution in [-0.4, -0.2) is 31.1 Å². The molecule has 17 heavy (non-hydrogen) atoms. The largest absolute Gasteiger partial charge is 0.371 e. The zero-order valence-electron chi connectivity index (χ0n) is 9.51. The first-order valence-corrected chi connectivity index (χ1v) is 5.15. The quantitative estimate of drug-likeness (QED) is 0.453. The third-order valence-corrected chi connectivity index (χ3v) is 2.19. The summed E-state index contributed by atoms with van der Waals surface area (Å²) in [7, 11) is 1.54. The molecule has 0 aromatic heterocycles. The van der Waals surface area contributed by atoms with Crippen molar-refractivity contribution in [2.45, 2.75) is 6.42 Å². The number of nitrogens with zero attached hydrogens (tertiary/aromatic N) is 1. The van der Waals surface area contributed by atoms with E-state index in [0.717, 1.165) is 5.56 Å². The summed E-state index contributed by atoms with van der Waals surface area (Å²) in [5, 5.41) is 12.9. The average Bonchev–Trinajstić information content (AvgIpc) is 2.34. The van der Waals surface area contributed by atoms with Crippen molar-refractivity contribution < 1.29 is 14.5 Å². The number of benzene rings is 1. The summed E-state index contributed by atoms with van der Waals surface area (Å²) in [5.74, 6) is -0.173. The molecule has 0 aliphatic heterocycles. The predicted molar refractivity (Wildman–Crippen MR) is 61.7 cm³/mol. The highest BCUT2D eigenvalue weighted by Gasteiger charge is 2.04. The van der Waals surface area contributed by atoms with Gasteiger partial charge >= 0.3 is 0 Å². The Kier molecular flexibility index (Phi) is 5.09. The molecule has 1 aromatic carbocycles. The number of nitrogens with one attached hydrogen (secondary N) is 1. The highest BCUT2D eigenvalue weighted by molar-refractivity contribution is 5.76. The minimum Gasteiger partial charge on any atom is -0.371 e. The number of nitro benzene ring substituents is 1. The van der Waals surface area contributed by atoms with Gasteiger partial charge in [0.1, 0.15) is 6.61 Å². The Balaban J connectivity index is 2.32. The van der Waals surface area contributed by atoms with Crippen molar-refractivity contribution in [3.63, 3.8) is 0 Å². The molecule has 92 valence electrons. The molecule has 0 atom stereocenters. The number of nitro groups is 1. The summed E-state index contributed by atoms with van der Waals surface area (Å²) < 4.78 is 5.12. The number of hydrogen-bond donors (Lipinski definition) is 1. The van der Waals surface area contributed by atoms with Gasteiger partial charge in [0.05, 0.1) is 11.5 Å². The summed E-state index contributed by atoms with van der Waals surface area (Å²) >= 11 is 0. The van der Waals surface area contributed by atoms with Gasteiger partial charge in [0.25, 0.3) is 5.69 Å². The van der Waals surface area contributed by atoms with E-state index in [1.54, 1.807) is 19.2 Å². The van der Waals surface area contributed by atoms with E-state index in [1.807, 2.05) is 0 Å². The molecule has 0 bridgehead atoms. The molecule has 0 aliphatic rings. The van der Waals surface area contributed by atoms with E-state index in [9.17, 15) is 14.9 Å². The lowest BCUT2D eigenvalue weighted by atomic mass is 10.1. The summed E-state index contributed by atoms with van der Waals surface area (Å²) in [6.45, 7) is 0.439. The number of amides is 1. The molecule has 1 rings (SSSR count). The Morgan fingerprint density at radius 3 is 2.59 bits per heavy atom. The lowest BCUT2D eigenvalue weighted by Crippen LogP contribution is -2.23. The number of ether oxygens (including phenoxy) is 1. The average molecular weight is 238 g/mol. The number of non-ortho nitro benzene ring substituents is 1. The van der Waals surface area contributed by atoms with E-state index in [0.29, 0.717) is 13.0 Å². The van der Waals surface area contributed by atoms with Gasteiger partial charge < -0.3 is 10.1 Å². The number of likely N-dealkylation sites (N-methyl/N-ethyl adjacent to an activating group) is 1. The van der Waals surface area contributed by atoms with Crippen LogP contribution in [0, 0.1) is 10.1 Å². The van der Waals surface area contributed by atoms with Crippen molar-refractivity contribution >= 4 is 11.6 Å². The van der Waals surface area contributed by atoms with Crippen LogP contribution in [0.5, 0.6) is 0 Å². The van der Waals surface area contributed by atoms with Gasteiger partial charge in [0.2, 0.25) is 5.91 Å². The molecule has 6 nitrogen and oxygen atoms in total. The van der Waals surface area contributed by atoms with Crippen molar-refractivity contribution in [2.24, 2.45) is 0 Å². The Morgan fingerprint density at radius 2 is 2.06 bits per heavy atom. The standard InChI is InChI=1S/C11H14N2O4/c1-12-11(14)8-17-7-6-9-2-4-10(5-3-9)13(15)16/h2-5H,6-8H2,1H3,(H,12,14). The number of hydrogen-bond acceptors (Lipinski definition) is 4. The number of rotatable bonds is 6. The van der Waals surface area contributed by atoms with Crippen LogP contribution in [0.3, 0.4) is 0 Å². The van der Waals surface area contributed by atoms with Crippen LogP contribution in [0.2, 0.25) is 0 Å². The minimum absolute atomic E-state index is 0.0312. The predicted octanol–water partition coefficient (Wildman–Crippen LogP) is 0.900. The van der Waals surface area contributed by atoms with Gasteiger partial charge in [0.15, 0.2) is 0 Å². The second kappa shape index (κ2) is 6.59. The fraction of sp³-hybridized carbons (Fsp3) is 0.364. The van der Waals surface area contributed by atoms with Gasteiger partial charge in [-0.3, -0.25) is 14.9 Å². The minimum atomic E-state index is -0.439. The monoisotopic (exact) mass is 238 g/mol. The van der Waals surface area contributed by atoms with Crippen LogP contribution in [0.15, 0.2) is 24.3 Å². The maximum absolute atomic E-state index is 10.8. The van der Waals surface area contributed by atoms with Crippen LogP contribution >= 0.6 is 0 Å². The van der Waals surface area contributed by atoms with Gasteiger partial charge in [-0.25, -0.2) is 0 Å². The second-order valence-electron chi connectivity index (χ2n) is 3.40. The summed E-state index contributed by atoms with van der Waals surface area (Å²) in [4.78, 5) is 20.8. The molecule has 0 radical (unpaired) electrons. The first kappa shape index (κ1) is 13.1. The third kappa shape index (κ3) is 4.60. The Morgan fingerprint density at radius 1 is 1.41 bits per heavy atom. The van der Waals surface area contributed by atoms with Crippen molar-refractivity contribution in [1.82, 2.24) is 5.32 Å². The van der Waals surface area contributed by atoms with Gasteiger partial charge in [-0.15, -0.1) is 0 Å². The van der Waals surface area contributed by atoms with Crippen LogP contribution in [-0.2, 0) is 16.0 Å². The molecule has 1 aromatic rings. The van der Waals surface area contributed by atoms with Crippen LogP contribution in [0.25, 0.3) is 0 Å². The molecule has 1 N–H and O–H groups in total. The molecule has 0 fully saturated rings.